The summed E-state index contributed by atoms with van der Waals surface area (Å²) in [5.74, 6) is 0.370. The first-order valence-corrected chi connectivity index (χ1v) is 5.92. The second-order valence-electron chi connectivity index (χ2n) is 3.87. The first-order chi connectivity index (χ1) is 8.79. The van der Waals surface area contributed by atoms with Gasteiger partial charge in [-0.05, 0) is 25.1 Å². The third-order valence-electron chi connectivity index (χ3n) is 2.17. The van der Waals surface area contributed by atoms with Gasteiger partial charge in [0.15, 0.2) is 0 Å². The molecule has 0 bridgehead atoms. The molecule has 0 heterocycles. The van der Waals surface area contributed by atoms with Crippen molar-refractivity contribution in [3.63, 3.8) is 0 Å². The number of benzene rings is 1. The number of rotatable bonds is 6. The Balaban J connectivity index is 2.45. The van der Waals surface area contributed by atoms with Crippen molar-refractivity contribution in [2.45, 2.75) is 19.2 Å². The molecule has 0 radical (unpaired) electrons. The summed E-state index contributed by atoms with van der Waals surface area (Å²) < 4.78 is 45.1. The standard InChI is InChI=1S/C12H14ClF3O3/c1-8(17)10-6-9(13)2-3-11(10)19-5-4-18-7-12(14,15)16/h2-3,6,8,17H,4-5,7H2,1H3. The quantitative estimate of drug-likeness (QED) is 0.819. The Morgan fingerprint density at radius 3 is 2.58 bits per heavy atom. The molecule has 1 atom stereocenters. The molecule has 0 aliphatic heterocycles. The molecule has 0 saturated carbocycles. The zero-order chi connectivity index (χ0) is 14.5. The maximum atomic E-state index is 11.8. The van der Waals surface area contributed by atoms with E-state index in [2.05, 4.69) is 4.74 Å². The van der Waals surface area contributed by atoms with E-state index in [0.29, 0.717) is 16.3 Å². The van der Waals surface area contributed by atoms with E-state index in [1.165, 1.54) is 6.07 Å². The van der Waals surface area contributed by atoms with Gasteiger partial charge in [-0.1, -0.05) is 11.6 Å². The van der Waals surface area contributed by atoms with Gasteiger partial charge >= 0.3 is 6.18 Å². The lowest BCUT2D eigenvalue weighted by molar-refractivity contribution is -0.175. The Morgan fingerprint density at radius 2 is 2.00 bits per heavy atom. The number of ether oxygens (including phenoxy) is 2. The van der Waals surface area contributed by atoms with E-state index in [-0.39, 0.29) is 13.2 Å². The Hall–Kier alpha value is -0.980. The predicted octanol–water partition coefficient (Wildman–Crippen LogP) is 3.35. The van der Waals surface area contributed by atoms with E-state index in [1.54, 1.807) is 19.1 Å². The molecule has 0 aliphatic carbocycles. The number of hydrogen-bond acceptors (Lipinski definition) is 3. The van der Waals surface area contributed by atoms with Crippen LogP contribution in [-0.2, 0) is 4.74 Å². The highest BCUT2D eigenvalue weighted by Gasteiger charge is 2.27. The van der Waals surface area contributed by atoms with Crippen molar-refractivity contribution >= 4 is 11.6 Å². The molecule has 1 rings (SSSR count). The molecular formula is C12H14ClF3O3. The van der Waals surface area contributed by atoms with E-state index in [4.69, 9.17) is 16.3 Å². The van der Waals surface area contributed by atoms with Crippen LogP contribution < -0.4 is 4.74 Å². The second-order valence-corrected chi connectivity index (χ2v) is 4.31. The first-order valence-electron chi connectivity index (χ1n) is 5.54. The van der Waals surface area contributed by atoms with Crippen LogP contribution in [0.4, 0.5) is 13.2 Å². The van der Waals surface area contributed by atoms with Crippen molar-refractivity contribution in [3.8, 4) is 5.75 Å². The van der Waals surface area contributed by atoms with Crippen molar-refractivity contribution in [1.82, 2.24) is 0 Å². The summed E-state index contributed by atoms with van der Waals surface area (Å²) in [6.45, 7) is -0.00225. The van der Waals surface area contributed by atoms with Gasteiger partial charge in [-0.25, -0.2) is 0 Å². The maximum absolute atomic E-state index is 11.8. The minimum absolute atomic E-state index is 0.0442. The Bertz CT molecular complexity index is 408. The number of hydrogen-bond donors (Lipinski definition) is 1. The zero-order valence-corrected chi connectivity index (χ0v) is 11.0. The fourth-order valence-corrected chi connectivity index (χ4v) is 1.56. The van der Waals surface area contributed by atoms with Crippen LogP contribution in [0.1, 0.15) is 18.6 Å². The van der Waals surface area contributed by atoms with Crippen LogP contribution in [0, 0.1) is 0 Å². The SMILES string of the molecule is CC(O)c1cc(Cl)ccc1OCCOCC(F)(F)F. The molecule has 19 heavy (non-hydrogen) atoms. The fraction of sp³-hybridized carbons (Fsp3) is 0.500. The van der Waals surface area contributed by atoms with Gasteiger partial charge in [0.1, 0.15) is 19.0 Å². The van der Waals surface area contributed by atoms with Crippen LogP contribution in [0.2, 0.25) is 5.02 Å². The largest absolute Gasteiger partial charge is 0.491 e. The van der Waals surface area contributed by atoms with Crippen LogP contribution in [0.3, 0.4) is 0 Å². The number of aliphatic hydroxyl groups excluding tert-OH is 1. The van der Waals surface area contributed by atoms with Crippen molar-refractivity contribution in [2.24, 2.45) is 0 Å². The number of alkyl halides is 3. The first kappa shape index (κ1) is 16.1. The average Bonchev–Trinajstić information content (AvgIpc) is 2.28. The third kappa shape index (κ3) is 6.13. The lowest BCUT2D eigenvalue weighted by atomic mass is 10.1. The fourth-order valence-electron chi connectivity index (χ4n) is 1.38. The highest BCUT2D eigenvalue weighted by molar-refractivity contribution is 6.30. The highest BCUT2D eigenvalue weighted by Crippen LogP contribution is 2.28. The summed E-state index contributed by atoms with van der Waals surface area (Å²) >= 11 is 5.78. The van der Waals surface area contributed by atoms with E-state index < -0.39 is 18.9 Å². The smallest absolute Gasteiger partial charge is 0.411 e. The van der Waals surface area contributed by atoms with E-state index in [9.17, 15) is 18.3 Å². The third-order valence-corrected chi connectivity index (χ3v) is 2.41. The summed E-state index contributed by atoms with van der Waals surface area (Å²) in [7, 11) is 0. The maximum Gasteiger partial charge on any atom is 0.411 e. The Kier molecular flexibility index (Phi) is 5.90. The molecule has 0 aromatic heterocycles. The van der Waals surface area contributed by atoms with Gasteiger partial charge in [-0.3, -0.25) is 0 Å². The van der Waals surface area contributed by atoms with Crippen molar-refractivity contribution in [3.05, 3.63) is 28.8 Å². The van der Waals surface area contributed by atoms with Gasteiger partial charge in [0.2, 0.25) is 0 Å². The summed E-state index contributed by atoms with van der Waals surface area (Å²) in [5, 5.41) is 9.96. The van der Waals surface area contributed by atoms with E-state index in [0.717, 1.165) is 0 Å². The molecule has 3 nitrogen and oxygen atoms in total. The molecule has 108 valence electrons. The molecule has 0 spiro atoms. The van der Waals surface area contributed by atoms with Gasteiger partial charge in [0.05, 0.1) is 12.7 Å². The molecule has 1 unspecified atom stereocenters. The van der Waals surface area contributed by atoms with Crippen molar-refractivity contribution in [1.29, 1.82) is 0 Å². The topological polar surface area (TPSA) is 38.7 Å². The van der Waals surface area contributed by atoms with Crippen LogP contribution in [0.5, 0.6) is 5.75 Å². The average molecular weight is 299 g/mol. The van der Waals surface area contributed by atoms with Gasteiger partial charge in [-0.15, -0.1) is 0 Å². The summed E-state index contributed by atoms with van der Waals surface area (Å²) in [5.41, 5.74) is 0.475. The molecule has 0 saturated heterocycles. The van der Waals surface area contributed by atoms with Crippen molar-refractivity contribution in [2.75, 3.05) is 19.8 Å². The second kappa shape index (κ2) is 6.98. The van der Waals surface area contributed by atoms with Gasteiger partial charge in [0.25, 0.3) is 0 Å². The number of aliphatic hydroxyl groups is 1. The molecule has 0 fully saturated rings. The van der Waals surface area contributed by atoms with Gasteiger partial charge in [-0.2, -0.15) is 13.2 Å². The number of halogens is 4. The molecule has 0 amide bonds. The van der Waals surface area contributed by atoms with E-state index >= 15 is 0 Å². The molecule has 1 N–H and O–H groups in total. The Labute approximate surface area is 113 Å². The van der Waals surface area contributed by atoms with Crippen LogP contribution in [0.15, 0.2) is 18.2 Å². The van der Waals surface area contributed by atoms with Crippen LogP contribution in [0.25, 0.3) is 0 Å². The molecular weight excluding hydrogens is 285 g/mol. The lowest BCUT2D eigenvalue weighted by Gasteiger charge is -2.14. The molecule has 1 aromatic carbocycles. The van der Waals surface area contributed by atoms with Crippen LogP contribution in [-0.4, -0.2) is 31.1 Å². The minimum Gasteiger partial charge on any atom is -0.491 e. The summed E-state index contributed by atoms with van der Waals surface area (Å²) in [4.78, 5) is 0. The van der Waals surface area contributed by atoms with Gasteiger partial charge < -0.3 is 14.6 Å². The summed E-state index contributed by atoms with van der Waals surface area (Å²) in [6, 6.07) is 4.66. The van der Waals surface area contributed by atoms with Crippen molar-refractivity contribution < 1.29 is 27.8 Å². The van der Waals surface area contributed by atoms with E-state index in [1.807, 2.05) is 0 Å². The van der Waals surface area contributed by atoms with Crippen LogP contribution >= 0.6 is 11.6 Å². The predicted molar refractivity (Wildman–Crippen MR) is 64.5 cm³/mol. The summed E-state index contributed by atoms with van der Waals surface area (Å²) in [6.07, 6.45) is -5.13. The monoisotopic (exact) mass is 298 g/mol. The Morgan fingerprint density at radius 1 is 1.32 bits per heavy atom. The molecule has 7 heteroatoms. The van der Waals surface area contributed by atoms with Gasteiger partial charge in [0, 0.05) is 10.6 Å². The normalized spacial score (nSPS) is 13.4. The minimum atomic E-state index is -4.34. The lowest BCUT2D eigenvalue weighted by Crippen LogP contribution is -2.19. The molecule has 1 aromatic rings. The molecule has 0 aliphatic rings. The zero-order valence-electron chi connectivity index (χ0n) is 10.2. The highest BCUT2D eigenvalue weighted by atomic mass is 35.5.